The number of nitrogen functional groups attached to an aromatic ring is 1. The Bertz CT molecular complexity index is 2000. The number of aliphatic hydroxyl groups is 1. The molecular weight excluding hydrogens is 663 g/mol. The summed E-state index contributed by atoms with van der Waals surface area (Å²) in [6.07, 6.45) is -4.15. The lowest BCUT2D eigenvalue weighted by molar-refractivity contribution is -0.0598. The van der Waals surface area contributed by atoms with Crippen molar-refractivity contribution in [1.82, 2.24) is 39.0 Å². The lowest BCUT2D eigenvalue weighted by atomic mass is 10.0. The van der Waals surface area contributed by atoms with E-state index < -0.39 is 87.5 Å². The van der Waals surface area contributed by atoms with Crippen LogP contribution in [0.25, 0.3) is 22.3 Å². The summed E-state index contributed by atoms with van der Waals surface area (Å²) in [6, 6.07) is -0.735. The van der Waals surface area contributed by atoms with E-state index >= 15 is 4.39 Å². The average molecular weight is 688 g/mol. The maximum Gasteiger partial charge on any atom is 0.472 e. The molecular formula is C22H24FN9O10P2S. The molecule has 2 saturated carbocycles. The zero-order valence-electron chi connectivity index (χ0n) is 22.6. The number of H-pyrrole nitrogens is 1. The second kappa shape index (κ2) is 10.1. The zero-order chi connectivity index (χ0) is 31.5. The highest BCUT2D eigenvalue weighted by Gasteiger charge is 2.74. The van der Waals surface area contributed by atoms with Gasteiger partial charge in [0.15, 0.2) is 35.0 Å². The Morgan fingerprint density at radius 3 is 2.67 bits per heavy atom. The van der Waals surface area contributed by atoms with Gasteiger partial charge in [-0.05, 0) is 24.1 Å². The minimum atomic E-state index is -4.99. The van der Waals surface area contributed by atoms with Crippen LogP contribution in [0.1, 0.15) is 18.7 Å². The molecule has 240 valence electrons. The van der Waals surface area contributed by atoms with Crippen molar-refractivity contribution < 1.29 is 46.7 Å². The number of fused-ring (bicyclic) bond motifs is 3. The summed E-state index contributed by atoms with van der Waals surface area (Å²) in [5.74, 6) is -0.289. The van der Waals surface area contributed by atoms with Gasteiger partial charge in [0.25, 0.3) is 5.56 Å². The van der Waals surface area contributed by atoms with E-state index in [0.717, 1.165) is 17.2 Å². The number of aliphatic hydroxyl groups excluding tert-OH is 1. The first-order valence-electron chi connectivity index (χ1n) is 13.5. The summed E-state index contributed by atoms with van der Waals surface area (Å²) in [4.78, 5) is 56.7. The van der Waals surface area contributed by atoms with E-state index in [9.17, 15) is 24.3 Å². The molecule has 19 nitrogen and oxygen atoms in total. The molecule has 6 heterocycles. The summed E-state index contributed by atoms with van der Waals surface area (Å²) < 4.78 is 59.9. The van der Waals surface area contributed by atoms with Crippen LogP contribution in [0.15, 0.2) is 30.1 Å². The fourth-order valence-corrected chi connectivity index (χ4v) is 9.22. The second-order valence-corrected chi connectivity index (χ2v) is 15.5. The van der Waals surface area contributed by atoms with E-state index in [4.69, 9.17) is 40.4 Å². The van der Waals surface area contributed by atoms with Crippen LogP contribution in [0.4, 0.5) is 10.2 Å². The number of aromatic nitrogens is 8. The van der Waals surface area contributed by atoms with Gasteiger partial charge in [0.1, 0.15) is 36.3 Å². The summed E-state index contributed by atoms with van der Waals surface area (Å²) >= 11 is 5.28. The highest BCUT2D eigenvalue weighted by Crippen LogP contribution is 2.72. The van der Waals surface area contributed by atoms with Crippen molar-refractivity contribution in [3.8, 4) is 0 Å². The first-order valence-corrected chi connectivity index (χ1v) is 17.6. The van der Waals surface area contributed by atoms with Crippen molar-refractivity contribution in [1.29, 1.82) is 0 Å². The van der Waals surface area contributed by atoms with E-state index in [-0.39, 0.29) is 17.0 Å². The van der Waals surface area contributed by atoms with Crippen LogP contribution in [0.3, 0.4) is 0 Å². The molecule has 2 aliphatic heterocycles. The molecule has 2 saturated heterocycles. The molecule has 3 unspecified atom stereocenters. The summed E-state index contributed by atoms with van der Waals surface area (Å²) in [5, 5.41) is 11.5. The number of anilines is 1. The number of aromatic amines is 1. The Kier molecular flexibility index (Phi) is 6.64. The van der Waals surface area contributed by atoms with Gasteiger partial charge in [0, 0.05) is 5.41 Å². The quantitative estimate of drug-likeness (QED) is 0.171. The van der Waals surface area contributed by atoms with Gasteiger partial charge >= 0.3 is 14.5 Å². The van der Waals surface area contributed by atoms with Crippen molar-refractivity contribution in [2.24, 2.45) is 11.3 Å². The number of phosphoric ester groups is 1. The molecule has 11 atom stereocenters. The van der Waals surface area contributed by atoms with Gasteiger partial charge < -0.3 is 44.0 Å². The summed E-state index contributed by atoms with van der Waals surface area (Å²) in [7, 11) is -4.99. The number of imidazole rings is 2. The van der Waals surface area contributed by atoms with E-state index in [1.807, 2.05) is 0 Å². The second-order valence-electron chi connectivity index (χ2n) is 11.3. The lowest BCUT2D eigenvalue weighted by Crippen LogP contribution is -2.39. The molecule has 4 aromatic rings. The third-order valence-electron chi connectivity index (χ3n) is 8.83. The van der Waals surface area contributed by atoms with Crippen LogP contribution in [-0.2, 0) is 39.2 Å². The maximum atomic E-state index is 16.0. The fourth-order valence-electron chi connectivity index (χ4n) is 6.71. The van der Waals surface area contributed by atoms with Crippen LogP contribution in [-0.4, -0.2) is 97.7 Å². The Morgan fingerprint density at radius 2 is 1.84 bits per heavy atom. The molecule has 8 rings (SSSR count). The number of alkyl halides is 1. The highest BCUT2D eigenvalue weighted by atomic mass is 32.5. The van der Waals surface area contributed by atoms with Crippen molar-refractivity contribution in [3.05, 3.63) is 35.7 Å². The van der Waals surface area contributed by atoms with E-state index in [0.29, 0.717) is 17.6 Å². The lowest BCUT2D eigenvalue weighted by Gasteiger charge is -2.32. The number of hydrogen-bond donors (Lipinski definition) is 5. The number of ether oxygens (including phenoxy) is 1. The zero-order valence-corrected chi connectivity index (χ0v) is 25.2. The van der Waals surface area contributed by atoms with Gasteiger partial charge in [0.2, 0.25) is 0 Å². The van der Waals surface area contributed by atoms with Crippen LogP contribution < -0.4 is 11.3 Å². The van der Waals surface area contributed by atoms with Gasteiger partial charge in [-0.1, -0.05) is 0 Å². The van der Waals surface area contributed by atoms with Gasteiger partial charge in [-0.2, -0.15) is 0 Å². The number of nitrogens with two attached hydrogens (primary N) is 1. The normalized spacial score (nSPS) is 41.7. The molecule has 4 aromatic heterocycles. The number of halogens is 1. The molecule has 23 heteroatoms. The molecule has 45 heavy (non-hydrogen) atoms. The van der Waals surface area contributed by atoms with Gasteiger partial charge in [0.05, 0.1) is 38.2 Å². The number of rotatable bonds is 2. The van der Waals surface area contributed by atoms with Gasteiger partial charge in [-0.25, -0.2) is 33.9 Å². The van der Waals surface area contributed by atoms with Crippen molar-refractivity contribution in [2.45, 2.75) is 49.3 Å². The van der Waals surface area contributed by atoms with Crippen LogP contribution in [0.2, 0.25) is 0 Å². The summed E-state index contributed by atoms with van der Waals surface area (Å²) in [5.41, 5.74) is 4.77. The third kappa shape index (κ3) is 4.61. The molecule has 4 fully saturated rings. The average Bonchev–Trinajstić information content (AvgIpc) is 3.27. The monoisotopic (exact) mass is 687 g/mol. The Labute approximate surface area is 255 Å². The van der Waals surface area contributed by atoms with Gasteiger partial charge in [-0.3, -0.25) is 18.4 Å². The predicted octanol–water partition coefficient (Wildman–Crippen LogP) is -0.167. The topological polar surface area (TPSA) is 257 Å². The van der Waals surface area contributed by atoms with Crippen molar-refractivity contribution in [3.63, 3.8) is 0 Å². The van der Waals surface area contributed by atoms with Crippen LogP contribution in [0, 0.1) is 11.3 Å². The number of hydrogen-bond acceptors (Lipinski definition) is 15. The van der Waals surface area contributed by atoms with E-state index in [2.05, 4.69) is 29.9 Å². The number of phosphoric acid groups is 1. The third-order valence-corrected chi connectivity index (χ3v) is 11.3. The molecule has 0 amide bonds. The Morgan fingerprint density at radius 1 is 1.09 bits per heavy atom. The molecule has 4 aliphatic rings. The predicted molar refractivity (Wildman–Crippen MR) is 150 cm³/mol. The Balaban J connectivity index is 1.11. The standard InChI is InChI=1S/C22H24FN9O10P2S/c23-10-15-9(40-21(10)32-7-30-12-19(32)27-5-28-20(12)34)2-38-44(37,45)42-16-14(33)13(8-1-22(8,16)3-39-43(35,36)41-15)31-6-29-11-17(24)25-4-26-18(11)31/h4-10,13-16,21,33H,1-3H2,(H,35,36)(H,37,45)(H2,24,25,26)(H,27,28,34)/t8-,9-,10-,13-,14+,15-,16+,21-,22?,44?/m1/s1. The Hall–Kier alpha value is -2.81. The van der Waals surface area contributed by atoms with Gasteiger partial charge in [-0.15, -0.1) is 0 Å². The molecule has 0 radical (unpaired) electrons. The minimum Gasteiger partial charge on any atom is -0.388 e. The van der Waals surface area contributed by atoms with Crippen LogP contribution >= 0.6 is 14.5 Å². The largest absolute Gasteiger partial charge is 0.472 e. The first-order chi connectivity index (χ1) is 21.4. The molecule has 2 aliphatic carbocycles. The summed E-state index contributed by atoms with van der Waals surface area (Å²) in [6.45, 7) is -5.29. The maximum absolute atomic E-state index is 16.0. The smallest absolute Gasteiger partial charge is 0.388 e. The SMILES string of the molecule is Nc1ncnc2c1ncn2[C@H]1[C@H](O)[C@@H]2OP(O)(=S)OC[C@H]3O[C@@H](n4cnc5c(=O)[nH]cnc54)[C@H](F)[C@@H]3OP(=O)(O)OCC23C[C@H]13. The van der Waals surface area contributed by atoms with Crippen LogP contribution in [0.5, 0.6) is 0 Å². The van der Waals surface area contributed by atoms with Crippen molar-refractivity contribution in [2.75, 3.05) is 18.9 Å². The fraction of sp³-hybridized carbons (Fsp3) is 0.545. The molecule has 1 spiro atoms. The highest BCUT2D eigenvalue weighted by molar-refractivity contribution is 8.07. The molecule has 0 bridgehead atoms. The number of nitrogens with zero attached hydrogens (tertiary/aromatic N) is 7. The van der Waals surface area contributed by atoms with Crippen molar-refractivity contribution >= 4 is 54.5 Å². The molecule has 6 N–H and O–H groups in total. The van der Waals surface area contributed by atoms with E-state index in [1.54, 1.807) is 4.57 Å². The molecule has 0 aromatic carbocycles. The minimum absolute atomic E-state index is 0.0151. The first kappa shape index (κ1) is 29.6. The number of nitrogens with one attached hydrogen (secondary N) is 1. The van der Waals surface area contributed by atoms with E-state index in [1.165, 1.54) is 12.7 Å².